The lowest BCUT2D eigenvalue weighted by atomic mass is 9.95. The van der Waals surface area contributed by atoms with E-state index in [1.54, 1.807) is 17.0 Å². The molecule has 1 unspecified atom stereocenters. The molecular weight excluding hydrogens is 345 g/mol. The molecule has 26 heavy (non-hydrogen) atoms. The molecular formula is C19H19F3N2O2. The fraction of sp³-hybridized carbons (Fsp3) is 0.368. The van der Waals surface area contributed by atoms with Crippen molar-refractivity contribution < 1.29 is 22.8 Å². The maximum absolute atomic E-state index is 12.9. The molecule has 1 heterocycles. The Balaban J connectivity index is 1.73. The van der Waals surface area contributed by atoms with Crippen molar-refractivity contribution in [2.75, 3.05) is 19.6 Å². The van der Waals surface area contributed by atoms with Crippen molar-refractivity contribution in [1.82, 2.24) is 10.2 Å². The molecule has 3 rings (SSSR count). The minimum Gasteiger partial charge on any atom is -0.347 e. The number of amides is 2. The van der Waals surface area contributed by atoms with E-state index in [4.69, 9.17) is 0 Å². The summed E-state index contributed by atoms with van der Waals surface area (Å²) in [4.78, 5) is 26.5. The lowest BCUT2D eigenvalue weighted by molar-refractivity contribution is -0.141. The summed E-state index contributed by atoms with van der Waals surface area (Å²) >= 11 is 0. The summed E-state index contributed by atoms with van der Waals surface area (Å²) in [5.41, 5.74) is 0.541. The van der Waals surface area contributed by atoms with E-state index in [9.17, 15) is 22.8 Å². The highest BCUT2D eigenvalue weighted by Crippen LogP contribution is 2.24. The highest BCUT2D eigenvalue weighted by Gasteiger charge is 2.32. The smallest absolute Gasteiger partial charge is 0.347 e. The largest absolute Gasteiger partial charge is 0.405 e. The number of nitrogens with zero attached hydrogens (tertiary/aromatic N) is 1. The number of rotatable bonds is 3. The van der Waals surface area contributed by atoms with E-state index in [-0.39, 0.29) is 12.5 Å². The van der Waals surface area contributed by atoms with Crippen molar-refractivity contribution in [3.05, 3.63) is 48.0 Å². The van der Waals surface area contributed by atoms with Gasteiger partial charge in [0.25, 0.3) is 5.91 Å². The molecule has 0 aromatic heterocycles. The van der Waals surface area contributed by atoms with Gasteiger partial charge in [-0.25, -0.2) is 0 Å². The van der Waals surface area contributed by atoms with Crippen LogP contribution < -0.4 is 5.32 Å². The topological polar surface area (TPSA) is 49.4 Å². The average Bonchev–Trinajstić information content (AvgIpc) is 2.64. The second-order valence-corrected chi connectivity index (χ2v) is 6.45. The Kier molecular flexibility index (Phi) is 5.15. The Morgan fingerprint density at radius 1 is 1.12 bits per heavy atom. The van der Waals surface area contributed by atoms with Gasteiger partial charge in [-0.1, -0.05) is 36.4 Å². The molecule has 1 aliphatic heterocycles. The molecule has 0 bridgehead atoms. The van der Waals surface area contributed by atoms with Gasteiger partial charge in [0.15, 0.2) is 0 Å². The molecule has 1 atom stereocenters. The summed E-state index contributed by atoms with van der Waals surface area (Å²) in [5.74, 6) is -1.47. The minimum atomic E-state index is -4.44. The number of carbonyl (C=O) groups excluding carboxylic acids is 2. The van der Waals surface area contributed by atoms with Gasteiger partial charge in [-0.15, -0.1) is 0 Å². The van der Waals surface area contributed by atoms with E-state index in [1.165, 1.54) is 0 Å². The Hall–Kier alpha value is -2.57. The number of benzene rings is 2. The summed E-state index contributed by atoms with van der Waals surface area (Å²) in [7, 11) is 0. The predicted octanol–water partition coefficient (Wildman–Crippen LogP) is 3.37. The number of nitrogens with one attached hydrogen (secondary N) is 1. The van der Waals surface area contributed by atoms with E-state index < -0.39 is 24.5 Å². The van der Waals surface area contributed by atoms with Crippen LogP contribution >= 0.6 is 0 Å². The molecule has 2 aromatic carbocycles. The molecule has 2 aromatic rings. The molecule has 138 valence electrons. The van der Waals surface area contributed by atoms with Crippen LogP contribution in [0.1, 0.15) is 23.2 Å². The summed E-state index contributed by atoms with van der Waals surface area (Å²) in [5, 5.41) is 3.68. The summed E-state index contributed by atoms with van der Waals surface area (Å²) < 4.78 is 36.8. The van der Waals surface area contributed by atoms with Crippen LogP contribution in [0.3, 0.4) is 0 Å². The van der Waals surface area contributed by atoms with Crippen LogP contribution in [-0.2, 0) is 4.79 Å². The Morgan fingerprint density at radius 3 is 2.62 bits per heavy atom. The van der Waals surface area contributed by atoms with Gasteiger partial charge in [0, 0.05) is 18.7 Å². The standard InChI is InChI=1S/C19H19F3N2O2/c20-19(21,22)12-23-17(25)14-7-4-10-24(11-14)18(26)16-9-3-6-13-5-1-2-8-15(13)16/h1-3,5-6,8-9,14H,4,7,10-12H2,(H,23,25). The van der Waals surface area contributed by atoms with E-state index in [0.29, 0.717) is 24.9 Å². The van der Waals surface area contributed by atoms with Gasteiger partial charge >= 0.3 is 6.18 Å². The molecule has 0 aliphatic carbocycles. The molecule has 1 fully saturated rings. The normalized spacial score (nSPS) is 18.0. The number of fused-ring (bicyclic) bond motifs is 1. The maximum Gasteiger partial charge on any atom is 0.405 e. The first-order chi connectivity index (χ1) is 12.3. The van der Waals surface area contributed by atoms with Crippen molar-refractivity contribution in [3.8, 4) is 0 Å². The molecule has 0 spiro atoms. The Labute approximate surface area is 149 Å². The van der Waals surface area contributed by atoms with Crippen molar-refractivity contribution in [2.45, 2.75) is 19.0 Å². The summed E-state index contributed by atoms with van der Waals surface area (Å²) in [6.07, 6.45) is -3.38. The fourth-order valence-corrected chi connectivity index (χ4v) is 3.29. The predicted molar refractivity (Wildman–Crippen MR) is 91.6 cm³/mol. The lowest BCUT2D eigenvalue weighted by Gasteiger charge is -2.32. The van der Waals surface area contributed by atoms with Gasteiger partial charge in [-0.05, 0) is 29.7 Å². The third-order valence-corrected chi connectivity index (χ3v) is 4.56. The van der Waals surface area contributed by atoms with Crippen LogP contribution in [0.5, 0.6) is 0 Å². The van der Waals surface area contributed by atoms with Crippen LogP contribution in [0.4, 0.5) is 13.2 Å². The van der Waals surface area contributed by atoms with Crippen LogP contribution in [-0.4, -0.2) is 42.5 Å². The monoisotopic (exact) mass is 364 g/mol. The molecule has 0 radical (unpaired) electrons. The van der Waals surface area contributed by atoms with Crippen LogP contribution in [0.15, 0.2) is 42.5 Å². The molecule has 7 heteroatoms. The highest BCUT2D eigenvalue weighted by atomic mass is 19.4. The number of carbonyl (C=O) groups is 2. The number of piperidine rings is 1. The molecule has 1 saturated heterocycles. The molecule has 0 saturated carbocycles. The van der Waals surface area contributed by atoms with E-state index in [2.05, 4.69) is 0 Å². The molecule has 1 aliphatic rings. The van der Waals surface area contributed by atoms with Crippen molar-refractivity contribution >= 4 is 22.6 Å². The van der Waals surface area contributed by atoms with Gasteiger partial charge in [0.2, 0.25) is 5.91 Å². The first kappa shape index (κ1) is 18.2. The number of hydrogen-bond donors (Lipinski definition) is 1. The van der Waals surface area contributed by atoms with Gasteiger partial charge < -0.3 is 10.2 Å². The number of likely N-dealkylation sites (tertiary alicyclic amines) is 1. The van der Waals surface area contributed by atoms with Gasteiger partial charge in [-0.2, -0.15) is 13.2 Å². The van der Waals surface area contributed by atoms with Crippen LogP contribution in [0, 0.1) is 5.92 Å². The average molecular weight is 364 g/mol. The number of halogens is 3. The van der Waals surface area contributed by atoms with Gasteiger partial charge in [0.1, 0.15) is 6.54 Å². The quantitative estimate of drug-likeness (QED) is 0.908. The second kappa shape index (κ2) is 7.35. The lowest BCUT2D eigenvalue weighted by Crippen LogP contribution is -2.47. The first-order valence-corrected chi connectivity index (χ1v) is 8.46. The summed E-state index contributed by atoms with van der Waals surface area (Å²) in [6, 6.07) is 13.0. The highest BCUT2D eigenvalue weighted by molar-refractivity contribution is 6.07. The molecule has 2 amide bonds. The third kappa shape index (κ3) is 4.15. The number of alkyl halides is 3. The van der Waals surface area contributed by atoms with Crippen LogP contribution in [0.2, 0.25) is 0 Å². The third-order valence-electron chi connectivity index (χ3n) is 4.56. The zero-order chi connectivity index (χ0) is 18.7. The first-order valence-electron chi connectivity index (χ1n) is 8.46. The van der Waals surface area contributed by atoms with Gasteiger partial charge in [0.05, 0.1) is 5.92 Å². The summed E-state index contributed by atoms with van der Waals surface area (Å²) in [6.45, 7) is -0.726. The minimum absolute atomic E-state index is 0.131. The van der Waals surface area contributed by atoms with E-state index >= 15 is 0 Å². The second-order valence-electron chi connectivity index (χ2n) is 6.45. The van der Waals surface area contributed by atoms with Crippen molar-refractivity contribution in [2.24, 2.45) is 5.92 Å². The van der Waals surface area contributed by atoms with Gasteiger partial charge in [-0.3, -0.25) is 9.59 Å². The number of hydrogen-bond acceptors (Lipinski definition) is 2. The Morgan fingerprint density at radius 2 is 1.85 bits per heavy atom. The molecule has 1 N–H and O–H groups in total. The fourth-order valence-electron chi connectivity index (χ4n) is 3.29. The van der Waals surface area contributed by atoms with E-state index in [1.807, 2.05) is 35.6 Å². The van der Waals surface area contributed by atoms with Crippen molar-refractivity contribution in [1.29, 1.82) is 0 Å². The molecule has 4 nitrogen and oxygen atoms in total. The zero-order valence-electron chi connectivity index (χ0n) is 14.1. The van der Waals surface area contributed by atoms with Crippen LogP contribution in [0.25, 0.3) is 10.8 Å². The maximum atomic E-state index is 12.9. The van der Waals surface area contributed by atoms with Crippen molar-refractivity contribution in [3.63, 3.8) is 0 Å². The SMILES string of the molecule is O=C(NCC(F)(F)F)C1CCCN(C(=O)c2cccc3ccccc23)C1. The zero-order valence-corrected chi connectivity index (χ0v) is 14.1. The van der Waals surface area contributed by atoms with E-state index in [0.717, 1.165) is 10.8 Å². The Bertz CT molecular complexity index is 815.